The molecule has 30 heavy (non-hydrogen) atoms. The summed E-state index contributed by atoms with van der Waals surface area (Å²) in [6.45, 7) is 5.33. The van der Waals surface area contributed by atoms with Gasteiger partial charge in [0.25, 0.3) is 5.69 Å². The van der Waals surface area contributed by atoms with E-state index in [1.807, 2.05) is 19.1 Å². The standard InChI is InChI=1S/C20H25N3O6S/c1-5-29-18-10-7-16(8-11-18)15(3)21-20(24)13-22(30(4,27)28)19-12-17(23(25)26)9-6-14(19)2/h6-12,15H,5,13H2,1-4H3,(H,21,24)/t15-/m0/s1. The maximum Gasteiger partial charge on any atom is 0.271 e. The van der Waals surface area contributed by atoms with Gasteiger partial charge in [0, 0.05) is 12.1 Å². The van der Waals surface area contributed by atoms with Gasteiger partial charge in [-0.3, -0.25) is 19.2 Å². The van der Waals surface area contributed by atoms with E-state index in [1.54, 1.807) is 26.0 Å². The maximum absolute atomic E-state index is 12.6. The van der Waals surface area contributed by atoms with Gasteiger partial charge in [-0.15, -0.1) is 0 Å². The van der Waals surface area contributed by atoms with Crippen LogP contribution in [0.4, 0.5) is 11.4 Å². The van der Waals surface area contributed by atoms with Crippen LogP contribution in [0.15, 0.2) is 42.5 Å². The Balaban J connectivity index is 2.20. The maximum atomic E-state index is 12.6. The Morgan fingerprint density at radius 3 is 2.40 bits per heavy atom. The molecule has 0 spiro atoms. The second kappa shape index (κ2) is 9.57. The highest BCUT2D eigenvalue weighted by atomic mass is 32.2. The number of carbonyl (C=O) groups is 1. The number of hydrogen-bond donors (Lipinski definition) is 1. The van der Waals surface area contributed by atoms with Gasteiger partial charge in [-0.05, 0) is 44.0 Å². The summed E-state index contributed by atoms with van der Waals surface area (Å²) in [6.07, 6.45) is 0.953. The highest BCUT2D eigenvalue weighted by Gasteiger charge is 2.25. The Hall–Kier alpha value is -3.14. The molecule has 162 valence electrons. The van der Waals surface area contributed by atoms with Crippen LogP contribution in [-0.4, -0.2) is 38.7 Å². The fourth-order valence-corrected chi connectivity index (χ4v) is 3.79. The summed E-state index contributed by atoms with van der Waals surface area (Å²) in [7, 11) is -3.86. The zero-order chi connectivity index (χ0) is 22.5. The number of carbonyl (C=O) groups excluding carboxylic acids is 1. The van der Waals surface area contributed by atoms with Crippen LogP contribution in [0.2, 0.25) is 0 Å². The van der Waals surface area contributed by atoms with Gasteiger partial charge in [0.1, 0.15) is 12.3 Å². The van der Waals surface area contributed by atoms with Gasteiger partial charge < -0.3 is 10.1 Å². The number of rotatable bonds is 9. The van der Waals surface area contributed by atoms with E-state index in [-0.39, 0.29) is 17.4 Å². The van der Waals surface area contributed by atoms with E-state index < -0.39 is 27.4 Å². The van der Waals surface area contributed by atoms with Gasteiger partial charge in [0.2, 0.25) is 15.9 Å². The van der Waals surface area contributed by atoms with E-state index >= 15 is 0 Å². The second-order valence-corrected chi connectivity index (χ2v) is 8.70. The summed E-state index contributed by atoms with van der Waals surface area (Å²) < 4.78 is 30.9. The molecule has 1 atom stereocenters. The fourth-order valence-electron chi connectivity index (χ4n) is 2.88. The van der Waals surface area contributed by atoms with Gasteiger partial charge >= 0.3 is 0 Å². The van der Waals surface area contributed by atoms with Crippen molar-refractivity contribution in [3.63, 3.8) is 0 Å². The molecule has 1 amide bonds. The van der Waals surface area contributed by atoms with Crippen molar-refractivity contribution in [3.8, 4) is 5.75 Å². The highest BCUT2D eigenvalue weighted by molar-refractivity contribution is 7.92. The first-order valence-corrected chi connectivity index (χ1v) is 11.1. The van der Waals surface area contributed by atoms with E-state index in [0.717, 1.165) is 22.2 Å². The first kappa shape index (κ1) is 23.1. The molecule has 0 unspecified atom stereocenters. The summed E-state index contributed by atoms with van der Waals surface area (Å²) in [5, 5.41) is 13.8. The lowest BCUT2D eigenvalue weighted by molar-refractivity contribution is -0.384. The van der Waals surface area contributed by atoms with Crippen molar-refractivity contribution in [1.29, 1.82) is 0 Å². The average Bonchev–Trinajstić information content (AvgIpc) is 2.66. The Morgan fingerprint density at radius 2 is 1.87 bits per heavy atom. The number of nitrogens with one attached hydrogen (secondary N) is 1. The smallest absolute Gasteiger partial charge is 0.271 e. The summed E-state index contributed by atoms with van der Waals surface area (Å²) in [4.78, 5) is 23.0. The number of ether oxygens (including phenoxy) is 1. The molecule has 2 aromatic carbocycles. The summed E-state index contributed by atoms with van der Waals surface area (Å²) in [6, 6.07) is 10.7. The van der Waals surface area contributed by atoms with Crippen molar-refractivity contribution in [3.05, 3.63) is 63.7 Å². The molecule has 2 rings (SSSR count). The predicted octanol–water partition coefficient (Wildman–Crippen LogP) is 2.95. The van der Waals surface area contributed by atoms with E-state index in [9.17, 15) is 23.3 Å². The Kier molecular flexibility index (Phi) is 7.38. The lowest BCUT2D eigenvalue weighted by Crippen LogP contribution is -2.41. The minimum absolute atomic E-state index is 0.0931. The number of non-ortho nitro benzene ring substituents is 1. The third-order valence-corrected chi connectivity index (χ3v) is 5.55. The van der Waals surface area contributed by atoms with Crippen LogP contribution in [0, 0.1) is 17.0 Å². The zero-order valence-corrected chi connectivity index (χ0v) is 18.1. The van der Waals surface area contributed by atoms with Crippen molar-refractivity contribution in [2.45, 2.75) is 26.8 Å². The molecule has 0 aromatic heterocycles. The van der Waals surface area contributed by atoms with E-state index in [1.165, 1.54) is 12.1 Å². The second-order valence-electron chi connectivity index (χ2n) is 6.79. The molecule has 0 saturated heterocycles. The molecule has 0 heterocycles. The van der Waals surface area contributed by atoms with Crippen LogP contribution in [0.25, 0.3) is 0 Å². The first-order chi connectivity index (χ1) is 14.0. The van der Waals surface area contributed by atoms with Crippen molar-refractivity contribution < 1.29 is 22.9 Å². The first-order valence-electron chi connectivity index (χ1n) is 9.27. The van der Waals surface area contributed by atoms with Gasteiger partial charge in [-0.1, -0.05) is 18.2 Å². The zero-order valence-electron chi connectivity index (χ0n) is 17.3. The molecule has 0 saturated carbocycles. The Bertz CT molecular complexity index is 1020. The third-order valence-electron chi connectivity index (χ3n) is 4.43. The van der Waals surface area contributed by atoms with E-state index in [0.29, 0.717) is 17.9 Å². The van der Waals surface area contributed by atoms with Crippen molar-refractivity contribution in [2.24, 2.45) is 0 Å². The minimum atomic E-state index is -3.86. The van der Waals surface area contributed by atoms with Gasteiger partial charge in [0.05, 0.1) is 29.5 Å². The van der Waals surface area contributed by atoms with Gasteiger partial charge in [-0.2, -0.15) is 0 Å². The molecule has 2 aromatic rings. The molecule has 0 aliphatic rings. The Morgan fingerprint density at radius 1 is 1.23 bits per heavy atom. The lowest BCUT2D eigenvalue weighted by atomic mass is 10.1. The van der Waals surface area contributed by atoms with Crippen LogP contribution >= 0.6 is 0 Å². The predicted molar refractivity (Wildman–Crippen MR) is 114 cm³/mol. The van der Waals surface area contributed by atoms with Crippen LogP contribution in [-0.2, 0) is 14.8 Å². The molecule has 0 bridgehead atoms. The molecule has 0 radical (unpaired) electrons. The van der Waals surface area contributed by atoms with Crippen LogP contribution in [0.5, 0.6) is 5.75 Å². The lowest BCUT2D eigenvalue weighted by Gasteiger charge is -2.24. The number of nitro benzene ring substituents is 1. The number of nitrogens with zero attached hydrogens (tertiary/aromatic N) is 2. The summed E-state index contributed by atoms with van der Waals surface area (Å²) in [5.74, 6) is 0.178. The SMILES string of the molecule is CCOc1ccc([C@H](C)NC(=O)CN(c2cc([N+](=O)[O-])ccc2C)S(C)(=O)=O)cc1. The summed E-state index contributed by atoms with van der Waals surface area (Å²) >= 11 is 0. The molecule has 1 N–H and O–H groups in total. The average molecular weight is 436 g/mol. The van der Waals surface area contributed by atoms with Crippen LogP contribution in [0.1, 0.15) is 31.0 Å². The summed E-state index contributed by atoms with van der Waals surface area (Å²) in [5.41, 5.74) is 1.16. The van der Waals surface area contributed by atoms with Crippen LogP contribution in [0.3, 0.4) is 0 Å². The largest absolute Gasteiger partial charge is 0.494 e. The van der Waals surface area contributed by atoms with Crippen molar-refractivity contribution in [2.75, 3.05) is 23.7 Å². The quantitative estimate of drug-likeness (QED) is 0.478. The van der Waals surface area contributed by atoms with E-state index in [2.05, 4.69) is 5.32 Å². The Labute approximate surface area is 175 Å². The monoisotopic (exact) mass is 435 g/mol. The molecule has 0 aliphatic heterocycles. The van der Waals surface area contributed by atoms with Gasteiger partial charge in [0.15, 0.2) is 0 Å². The number of amides is 1. The number of benzene rings is 2. The fraction of sp³-hybridized carbons (Fsp3) is 0.350. The third kappa shape index (κ3) is 5.93. The van der Waals surface area contributed by atoms with Gasteiger partial charge in [-0.25, -0.2) is 8.42 Å². The van der Waals surface area contributed by atoms with E-state index in [4.69, 9.17) is 4.74 Å². The molecular weight excluding hydrogens is 410 g/mol. The topological polar surface area (TPSA) is 119 Å². The molecule has 10 heteroatoms. The minimum Gasteiger partial charge on any atom is -0.494 e. The molecule has 0 fully saturated rings. The van der Waals surface area contributed by atoms with Crippen molar-refractivity contribution >= 4 is 27.3 Å². The molecule has 0 aliphatic carbocycles. The number of aryl methyl sites for hydroxylation is 1. The number of anilines is 1. The van der Waals surface area contributed by atoms with Crippen molar-refractivity contribution in [1.82, 2.24) is 5.32 Å². The highest BCUT2D eigenvalue weighted by Crippen LogP contribution is 2.27. The number of hydrogen-bond acceptors (Lipinski definition) is 6. The molecule has 9 nitrogen and oxygen atoms in total. The molecular formula is C20H25N3O6S. The normalized spacial score (nSPS) is 12.1. The number of sulfonamides is 1. The van der Waals surface area contributed by atoms with Crippen LogP contribution < -0.4 is 14.4 Å². The number of nitro groups is 1.